The maximum absolute atomic E-state index is 12.5. The molecule has 3 rings (SSSR count). The molecule has 2 aromatic rings. The largest absolute Gasteiger partial charge is 0.497 e. The number of hydrogen-bond donors (Lipinski definition) is 1. The van der Waals surface area contributed by atoms with E-state index in [1.165, 1.54) is 17.3 Å². The zero-order valence-electron chi connectivity index (χ0n) is 15.2. The molecule has 9 nitrogen and oxygen atoms in total. The van der Waals surface area contributed by atoms with Gasteiger partial charge in [0.2, 0.25) is 11.8 Å². The topological polar surface area (TPSA) is 98.6 Å². The summed E-state index contributed by atoms with van der Waals surface area (Å²) >= 11 is 0. The Bertz CT molecular complexity index is 765. The van der Waals surface area contributed by atoms with Crippen molar-refractivity contribution in [1.29, 1.82) is 0 Å². The lowest BCUT2D eigenvalue weighted by molar-refractivity contribution is -0.142. The van der Waals surface area contributed by atoms with E-state index in [0.29, 0.717) is 26.3 Å². The first-order valence-electron chi connectivity index (χ1n) is 8.75. The van der Waals surface area contributed by atoms with E-state index >= 15 is 0 Å². The third kappa shape index (κ3) is 5.27. The van der Waals surface area contributed by atoms with Gasteiger partial charge in [-0.1, -0.05) is 12.1 Å². The van der Waals surface area contributed by atoms with E-state index in [9.17, 15) is 9.59 Å². The van der Waals surface area contributed by atoms with E-state index in [1.54, 1.807) is 12.0 Å². The smallest absolute Gasteiger partial charge is 0.244 e. The molecule has 1 aliphatic heterocycles. The molecule has 0 aliphatic carbocycles. The molecular weight excluding hydrogens is 350 g/mol. The third-order valence-corrected chi connectivity index (χ3v) is 4.36. The van der Waals surface area contributed by atoms with Gasteiger partial charge in [0.25, 0.3) is 0 Å². The minimum absolute atomic E-state index is 0.0991. The maximum atomic E-state index is 12.5. The van der Waals surface area contributed by atoms with Crippen LogP contribution in [0, 0.1) is 0 Å². The zero-order chi connectivity index (χ0) is 19.1. The number of morpholine rings is 1. The van der Waals surface area contributed by atoms with Gasteiger partial charge in [0.05, 0.1) is 26.4 Å². The van der Waals surface area contributed by atoms with E-state index in [4.69, 9.17) is 9.47 Å². The molecule has 1 saturated heterocycles. The van der Waals surface area contributed by atoms with Crippen LogP contribution < -0.4 is 10.1 Å². The Morgan fingerprint density at radius 3 is 3.07 bits per heavy atom. The first-order chi connectivity index (χ1) is 13.2. The number of benzene rings is 1. The molecule has 2 amide bonds. The molecule has 2 heterocycles. The highest BCUT2D eigenvalue weighted by Gasteiger charge is 2.29. The van der Waals surface area contributed by atoms with Crippen molar-refractivity contribution in [3.8, 4) is 5.75 Å². The Balaban J connectivity index is 1.53. The summed E-state index contributed by atoms with van der Waals surface area (Å²) in [5.41, 5.74) is 0.946. The summed E-state index contributed by atoms with van der Waals surface area (Å²) in [7, 11) is 1.60. The molecule has 0 radical (unpaired) electrons. The number of rotatable bonds is 7. The zero-order valence-corrected chi connectivity index (χ0v) is 15.2. The van der Waals surface area contributed by atoms with E-state index in [1.807, 2.05) is 24.3 Å². The Morgan fingerprint density at radius 2 is 2.30 bits per heavy atom. The predicted octanol–water partition coefficient (Wildman–Crippen LogP) is 0.221. The molecule has 0 unspecified atom stereocenters. The number of aromatic nitrogens is 3. The standard InChI is InChI=1S/C18H23N5O4/c1-26-16-4-2-3-14(7-16)9-20-17(24)8-15-11-27-6-5-23(15)18(25)10-22-13-19-12-21-22/h2-4,7,12-13,15H,5-6,8-11H2,1H3,(H,20,24)/t15-/m1/s1. The fraction of sp³-hybridized carbons (Fsp3) is 0.444. The van der Waals surface area contributed by atoms with Gasteiger partial charge in [-0.2, -0.15) is 5.10 Å². The molecule has 1 aliphatic rings. The first-order valence-corrected chi connectivity index (χ1v) is 8.75. The average Bonchev–Trinajstić information content (AvgIpc) is 3.20. The van der Waals surface area contributed by atoms with E-state index in [0.717, 1.165) is 11.3 Å². The summed E-state index contributed by atoms with van der Waals surface area (Å²) in [5.74, 6) is 0.508. The van der Waals surface area contributed by atoms with Crippen LogP contribution in [-0.4, -0.2) is 64.4 Å². The number of methoxy groups -OCH3 is 1. The van der Waals surface area contributed by atoms with Crippen LogP contribution in [0.15, 0.2) is 36.9 Å². The SMILES string of the molecule is COc1cccc(CNC(=O)C[C@@H]2COCCN2C(=O)Cn2cncn2)c1. The van der Waals surface area contributed by atoms with Crippen molar-refractivity contribution in [2.75, 3.05) is 26.9 Å². The van der Waals surface area contributed by atoms with Crippen molar-refractivity contribution in [2.45, 2.75) is 25.6 Å². The van der Waals surface area contributed by atoms with Crippen LogP contribution in [0.3, 0.4) is 0 Å². The molecular formula is C18H23N5O4. The second-order valence-electron chi connectivity index (χ2n) is 6.24. The highest BCUT2D eigenvalue weighted by atomic mass is 16.5. The monoisotopic (exact) mass is 373 g/mol. The molecule has 9 heteroatoms. The number of ether oxygens (including phenoxy) is 2. The van der Waals surface area contributed by atoms with Crippen molar-refractivity contribution in [2.24, 2.45) is 0 Å². The molecule has 1 fully saturated rings. The van der Waals surface area contributed by atoms with Crippen LogP contribution >= 0.6 is 0 Å². The van der Waals surface area contributed by atoms with Gasteiger partial charge >= 0.3 is 0 Å². The molecule has 0 saturated carbocycles. The van der Waals surface area contributed by atoms with E-state index in [-0.39, 0.29) is 30.8 Å². The van der Waals surface area contributed by atoms with Crippen LogP contribution in [0.1, 0.15) is 12.0 Å². The van der Waals surface area contributed by atoms with Gasteiger partial charge in [0.15, 0.2) is 0 Å². The molecule has 1 N–H and O–H groups in total. The molecule has 0 spiro atoms. The highest BCUT2D eigenvalue weighted by Crippen LogP contribution is 2.14. The molecule has 1 aromatic heterocycles. The third-order valence-electron chi connectivity index (χ3n) is 4.36. The van der Waals surface area contributed by atoms with Crippen LogP contribution in [0.2, 0.25) is 0 Å². The van der Waals surface area contributed by atoms with Crippen molar-refractivity contribution in [3.63, 3.8) is 0 Å². The van der Waals surface area contributed by atoms with Gasteiger partial charge in [-0.15, -0.1) is 0 Å². The fourth-order valence-electron chi connectivity index (χ4n) is 2.97. The summed E-state index contributed by atoms with van der Waals surface area (Å²) in [6, 6.07) is 7.22. The highest BCUT2D eigenvalue weighted by molar-refractivity contribution is 5.80. The van der Waals surface area contributed by atoms with Gasteiger partial charge in [0, 0.05) is 19.5 Å². The van der Waals surface area contributed by atoms with Gasteiger partial charge in [-0.3, -0.25) is 9.59 Å². The van der Waals surface area contributed by atoms with Crippen molar-refractivity contribution in [3.05, 3.63) is 42.5 Å². The predicted molar refractivity (Wildman–Crippen MR) is 95.8 cm³/mol. The number of amides is 2. The minimum Gasteiger partial charge on any atom is -0.497 e. The minimum atomic E-state index is -0.292. The molecule has 0 bridgehead atoms. The Hall–Kier alpha value is -2.94. The summed E-state index contributed by atoms with van der Waals surface area (Å²) in [4.78, 5) is 30.4. The second kappa shape index (κ2) is 9.13. The molecule has 144 valence electrons. The van der Waals surface area contributed by atoms with Crippen LogP contribution in [0.4, 0.5) is 0 Å². The summed E-state index contributed by atoms with van der Waals surface area (Å²) in [6.45, 7) is 1.76. The Morgan fingerprint density at radius 1 is 1.41 bits per heavy atom. The van der Waals surface area contributed by atoms with Crippen LogP contribution in [-0.2, 0) is 27.4 Å². The maximum Gasteiger partial charge on any atom is 0.244 e. The lowest BCUT2D eigenvalue weighted by Crippen LogP contribution is -2.51. The van der Waals surface area contributed by atoms with E-state index in [2.05, 4.69) is 15.4 Å². The second-order valence-corrected chi connectivity index (χ2v) is 6.24. The fourth-order valence-corrected chi connectivity index (χ4v) is 2.97. The molecule has 1 aromatic carbocycles. The van der Waals surface area contributed by atoms with Gasteiger partial charge in [0.1, 0.15) is 24.9 Å². The quantitative estimate of drug-likeness (QED) is 0.746. The Kier molecular flexibility index (Phi) is 6.37. The van der Waals surface area contributed by atoms with Crippen LogP contribution in [0.25, 0.3) is 0 Å². The van der Waals surface area contributed by atoms with Crippen molar-refractivity contribution in [1.82, 2.24) is 25.0 Å². The molecule has 1 atom stereocenters. The summed E-state index contributed by atoms with van der Waals surface area (Å²) in [6.07, 6.45) is 3.07. The van der Waals surface area contributed by atoms with Crippen molar-refractivity contribution < 1.29 is 19.1 Å². The lowest BCUT2D eigenvalue weighted by atomic mass is 10.1. The van der Waals surface area contributed by atoms with Crippen LogP contribution in [0.5, 0.6) is 5.75 Å². The summed E-state index contributed by atoms with van der Waals surface area (Å²) in [5, 5.41) is 6.84. The molecule has 27 heavy (non-hydrogen) atoms. The van der Waals surface area contributed by atoms with E-state index < -0.39 is 0 Å². The summed E-state index contributed by atoms with van der Waals surface area (Å²) < 4.78 is 12.1. The number of carbonyl (C=O) groups is 2. The number of nitrogens with zero attached hydrogens (tertiary/aromatic N) is 4. The normalized spacial score (nSPS) is 16.8. The number of carbonyl (C=O) groups excluding carboxylic acids is 2. The van der Waals surface area contributed by atoms with Gasteiger partial charge in [-0.05, 0) is 17.7 Å². The average molecular weight is 373 g/mol. The lowest BCUT2D eigenvalue weighted by Gasteiger charge is -2.35. The van der Waals surface area contributed by atoms with Gasteiger partial charge in [-0.25, -0.2) is 9.67 Å². The first kappa shape index (κ1) is 18.8. The number of hydrogen-bond acceptors (Lipinski definition) is 6. The van der Waals surface area contributed by atoms with Gasteiger partial charge < -0.3 is 19.7 Å². The van der Waals surface area contributed by atoms with Crippen molar-refractivity contribution >= 4 is 11.8 Å². The Labute approximate surface area is 157 Å². The number of nitrogens with one attached hydrogen (secondary N) is 1.